The van der Waals surface area contributed by atoms with Gasteiger partial charge in [-0.05, 0) is 57.9 Å². The van der Waals surface area contributed by atoms with Crippen molar-refractivity contribution >= 4 is 27.5 Å². The molecule has 2 saturated carbocycles. The van der Waals surface area contributed by atoms with Gasteiger partial charge in [0.1, 0.15) is 10.7 Å². The maximum Gasteiger partial charge on any atom is 0.262 e. The summed E-state index contributed by atoms with van der Waals surface area (Å²) in [6.07, 6.45) is 6.13. The highest BCUT2D eigenvalue weighted by Crippen LogP contribution is 2.42. The number of fused-ring (bicyclic) bond motifs is 1. The fraction of sp³-hybridized carbons (Fsp3) is 0.650. The molecule has 0 radical (unpaired) electrons. The van der Waals surface area contributed by atoms with Crippen molar-refractivity contribution in [1.82, 2.24) is 14.5 Å². The van der Waals surface area contributed by atoms with Gasteiger partial charge in [-0.1, -0.05) is 0 Å². The van der Waals surface area contributed by atoms with Gasteiger partial charge in [0.15, 0.2) is 0 Å². The fourth-order valence-corrected chi connectivity index (χ4v) is 5.26. The van der Waals surface area contributed by atoms with Crippen LogP contribution >= 0.6 is 11.3 Å². The van der Waals surface area contributed by atoms with Crippen LogP contribution in [-0.4, -0.2) is 33.4 Å². The van der Waals surface area contributed by atoms with Crippen LogP contribution in [0, 0.1) is 19.8 Å². The van der Waals surface area contributed by atoms with Crippen LogP contribution in [0.2, 0.25) is 0 Å². The molecule has 2 aromatic rings. The zero-order valence-corrected chi connectivity index (χ0v) is 16.3. The molecule has 138 valence electrons. The zero-order chi connectivity index (χ0) is 18.0. The highest BCUT2D eigenvalue weighted by atomic mass is 32.1. The van der Waals surface area contributed by atoms with Gasteiger partial charge < -0.3 is 4.90 Å². The largest absolute Gasteiger partial charge is 0.342 e. The lowest BCUT2D eigenvalue weighted by molar-refractivity contribution is -0.133. The lowest BCUT2D eigenvalue weighted by atomic mass is 10.0. The van der Waals surface area contributed by atoms with Crippen LogP contribution in [0.4, 0.5) is 0 Å². The maximum atomic E-state index is 13.4. The number of likely N-dealkylation sites (tertiary alicyclic amines) is 1. The topological polar surface area (TPSA) is 55.2 Å². The van der Waals surface area contributed by atoms with Crippen LogP contribution in [0.5, 0.6) is 0 Å². The molecule has 5 nitrogen and oxygen atoms in total. The highest BCUT2D eigenvalue weighted by molar-refractivity contribution is 7.18. The first kappa shape index (κ1) is 16.5. The number of piperidine rings is 1. The summed E-state index contributed by atoms with van der Waals surface area (Å²) in [6.45, 7) is 5.66. The number of carbonyl (C=O) groups excluding carboxylic acids is 1. The molecule has 0 N–H and O–H groups in total. The van der Waals surface area contributed by atoms with Crippen LogP contribution in [0.15, 0.2) is 4.79 Å². The summed E-state index contributed by atoms with van der Waals surface area (Å²) >= 11 is 1.64. The van der Waals surface area contributed by atoms with Crippen molar-refractivity contribution in [3.8, 4) is 0 Å². The van der Waals surface area contributed by atoms with Crippen LogP contribution in [0.1, 0.15) is 66.7 Å². The molecule has 6 heteroatoms. The van der Waals surface area contributed by atoms with Gasteiger partial charge in [0, 0.05) is 35.8 Å². The molecule has 0 bridgehead atoms. The number of thiophene rings is 1. The first-order valence-corrected chi connectivity index (χ1v) is 10.7. The summed E-state index contributed by atoms with van der Waals surface area (Å²) in [5.74, 6) is 2.05. The summed E-state index contributed by atoms with van der Waals surface area (Å²) in [4.78, 5) is 34.8. The summed E-state index contributed by atoms with van der Waals surface area (Å²) in [6, 6.07) is 0.179. The molecular weight excluding hydrogens is 346 g/mol. The van der Waals surface area contributed by atoms with E-state index in [2.05, 4.69) is 6.92 Å². The van der Waals surface area contributed by atoms with E-state index in [9.17, 15) is 9.59 Å². The quantitative estimate of drug-likeness (QED) is 0.829. The molecule has 3 heterocycles. The number of hydrogen-bond donors (Lipinski definition) is 0. The Balaban J connectivity index is 1.51. The molecule has 1 aliphatic heterocycles. The third kappa shape index (κ3) is 2.61. The molecule has 0 aromatic carbocycles. The number of nitrogens with zero attached hydrogens (tertiary/aromatic N) is 3. The van der Waals surface area contributed by atoms with E-state index in [1.54, 1.807) is 11.3 Å². The third-order valence-corrected chi connectivity index (χ3v) is 7.37. The van der Waals surface area contributed by atoms with Crippen LogP contribution in [0.3, 0.4) is 0 Å². The second kappa shape index (κ2) is 5.91. The predicted octanol–water partition coefficient (Wildman–Crippen LogP) is 3.53. The molecule has 0 spiro atoms. The average molecular weight is 372 g/mol. The number of aromatic nitrogens is 2. The van der Waals surface area contributed by atoms with Gasteiger partial charge in [-0.25, -0.2) is 4.98 Å². The normalized spacial score (nSPS) is 21.5. The minimum absolute atomic E-state index is 0.144. The van der Waals surface area contributed by atoms with Gasteiger partial charge in [-0.3, -0.25) is 14.2 Å². The lowest BCUT2D eigenvalue weighted by Crippen LogP contribution is -2.42. The molecule has 1 amide bonds. The maximum absolute atomic E-state index is 13.4. The molecule has 26 heavy (non-hydrogen) atoms. The zero-order valence-electron chi connectivity index (χ0n) is 15.5. The Kier molecular flexibility index (Phi) is 3.75. The SMILES string of the molecule is Cc1sc2nc(C3CC3)n(C3CCN(C(=O)C4CC4)CC3)c(=O)c2c1C. The van der Waals surface area contributed by atoms with Crippen molar-refractivity contribution in [2.75, 3.05) is 13.1 Å². The molecule has 3 aliphatic rings. The molecule has 2 aromatic heterocycles. The first-order valence-electron chi connectivity index (χ1n) is 9.85. The highest BCUT2D eigenvalue weighted by Gasteiger charge is 2.37. The van der Waals surface area contributed by atoms with E-state index in [0.717, 1.165) is 73.2 Å². The van der Waals surface area contributed by atoms with Crippen molar-refractivity contribution in [1.29, 1.82) is 0 Å². The standard InChI is InChI=1S/C20H25N3O2S/c1-11-12(2)26-18-16(11)20(25)23(17(21-18)13-3-4-13)15-7-9-22(10-8-15)19(24)14-5-6-14/h13-15H,3-10H2,1-2H3. The molecule has 1 saturated heterocycles. The Labute approximate surface area is 157 Å². The number of carbonyl (C=O) groups is 1. The predicted molar refractivity (Wildman–Crippen MR) is 103 cm³/mol. The molecular formula is C20H25N3O2S. The Morgan fingerprint density at radius 2 is 1.77 bits per heavy atom. The third-order valence-electron chi connectivity index (χ3n) is 6.27. The molecule has 0 atom stereocenters. The number of rotatable bonds is 3. The number of aryl methyl sites for hydroxylation is 2. The Bertz CT molecular complexity index is 944. The van der Waals surface area contributed by atoms with E-state index in [-0.39, 0.29) is 17.5 Å². The van der Waals surface area contributed by atoms with Gasteiger partial charge in [-0.15, -0.1) is 11.3 Å². The van der Waals surface area contributed by atoms with E-state index >= 15 is 0 Å². The van der Waals surface area contributed by atoms with Crippen LogP contribution < -0.4 is 5.56 Å². The van der Waals surface area contributed by atoms with Crippen LogP contribution in [0.25, 0.3) is 10.2 Å². The lowest BCUT2D eigenvalue weighted by Gasteiger charge is -2.34. The van der Waals surface area contributed by atoms with Crippen molar-refractivity contribution < 1.29 is 4.79 Å². The minimum Gasteiger partial charge on any atom is -0.342 e. The van der Waals surface area contributed by atoms with Gasteiger partial charge >= 0.3 is 0 Å². The van der Waals surface area contributed by atoms with E-state index < -0.39 is 0 Å². The molecule has 2 aliphatic carbocycles. The van der Waals surface area contributed by atoms with Crippen molar-refractivity contribution in [2.24, 2.45) is 5.92 Å². The van der Waals surface area contributed by atoms with Crippen molar-refractivity contribution in [3.05, 3.63) is 26.6 Å². The minimum atomic E-state index is 0.144. The van der Waals surface area contributed by atoms with Gasteiger partial charge in [-0.2, -0.15) is 0 Å². The average Bonchev–Trinajstić information content (AvgIpc) is 3.54. The van der Waals surface area contributed by atoms with Gasteiger partial charge in [0.25, 0.3) is 5.56 Å². The summed E-state index contributed by atoms with van der Waals surface area (Å²) < 4.78 is 2.01. The van der Waals surface area contributed by atoms with Gasteiger partial charge in [0.05, 0.1) is 5.39 Å². The molecule has 5 rings (SSSR count). The smallest absolute Gasteiger partial charge is 0.262 e. The summed E-state index contributed by atoms with van der Waals surface area (Å²) in [7, 11) is 0. The summed E-state index contributed by atoms with van der Waals surface area (Å²) in [5.41, 5.74) is 1.23. The van der Waals surface area contributed by atoms with Crippen molar-refractivity contribution in [2.45, 2.75) is 64.3 Å². The summed E-state index contributed by atoms with van der Waals surface area (Å²) in [5, 5.41) is 0.813. The Morgan fingerprint density at radius 3 is 2.38 bits per heavy atom. The first-order chi connectivity index (χ1) is 12.5. The Hall–Kier alpha value is -1.69. The van der Waals surface area contributed by atoms with E-state index in [1.807, 2.05) is 16.4 Å². The van der Waals surface area contributed by atoms with E-state index in [1.165, 1.54) is 4.88 Å². The molecule has 0 unspecified atom stereocenters. The van der Waals surface area contributed by atoms with E-state index in [0.29, 0.717) is 11.8 Å². The van der Waals surface area contributed by atoms with Crippen LogP contribution in [-0.2, 0) is 4.79 Å². The number of amides is 1. The molecule has 3 fully saturated rings. The second-order valence-electron chi connectivity index (χ2n) is 8.21. The monoisotopic (exact) mass is 371 g/mol. The second-order valence-corrected chi connectivity index (χ2v) is 9.42. The van der Waals surface area contributed by atoms with Gasteiger partial charge in [0.2, 0.25) is 5.91 Å². The fourth-order valence-electron chi connectivity index (χ4n) is 4.24. The Morgan fingerprint density at radius 1 is 1.08 bits per heavy atom. The van der Waals surface area contributed by atoms with Crippen molar-refractivity contribution in [3.63, 3.8) is 0 Å². The number of hydrogen-bond acceptors (Lipinski definition) is 4. The van der Waals surface area contributed by atoms with E-state index in [4.69, 9.17) is 4.98 Å².